The molecule has 1 heterocycles. The van der Waals surface area contributed by atoms with Crippen molar-refractivity contribution in [1.29, 1.82) is 0 Å². The number of para-hydroxylation sites is 3. The first kappa shape index (κ1) is 36.4. The molecule has 2 heteroatoms. The van der Waals surface area contributed by atoms with Crippen molar-refractivity contribution in [2.45, 2.75) is 39.0 Å². The minimum absolute atomic E-state index is 0.0113. The summed E-state index contributed by atoms with van der Waals surface area (Å²) in [6.45, 7) is 7.06. The van der Waals surface area contributed by atoms with E-state index in [-0.39, 0.29) is 5.41 Å². The fourth-order valence-corrected chi connectivity index (χ4v) is 10.8. The zero-order chi connectivity index (χ0) is 41.5. The minimum atomic E-state index is 0.0113. The molecule has 296 valence electrons. The molecule has 62 heavy (non-hydrogen) atoms. The van der Waals surface area contributed by atoms with E-state index in [2.05, 4.69) is 230 Å². The van der Waals surface area contributed by atoms with Crippen LogP contribution in [0.4, 0.5) is 17.1 Å². The number of rotatable bonds is 6. The fourth-order valence-electron chi connectivity index (χ4n) is 10.8. The van der Waals surface area contributed by atoms with Crippen LogP contribution in [0.1, 0.15) is 43.4 Å². The summed E-state index contributed by atoms with van der Waals surface area (Å²) in [5, 5.41) is 7.66. The molecule has 2 aliphatic carbocycles. The van der Waals surface area contributed by atoms with Gasteiger partial charge in [0.05, 0.1) is 11.0 Å². The van der Waals surface area contributed by atoms with Crippen molar-refractivity contribution in [2.24, 2.45) is 0 Å². The fraction of sp³-hybridized carbons (Fsp3) is 0.100. The third kappa shape index (κ3) is 5.56. The highest BCUT2D eigenvalue weighted by atomic mass is 15.1. The molecule has 0 saturated heterocycles. The molecule has 0 spiro atoms. The maximum atomic E-state index is 2.50. The van der Waals surface area contributed by atoms with Crippen molar-refractivity contribution in [2.75, 3.05) is 4.90 Å². The largest absolute Gasteiger partial charge is 0.311 e. The minimum Gasteiger partial charge on any atom is -0.311 e. The first-order valence-electron chi connectivity index (χ1n) is 22.0. The zero-order valence-corrected chi connectivity index (χ0v) is 35.4. The summed E-state index contributed by atoms with van der Waals surface area (Å²) < 4.78 is 2.38. The first-order valence-corrected chi connectivity index (χ1v) is 22.0. The van der Waals surface area contributed by atoms with Gasteiger partial charge in [0.1, 0.15) is 0 Å². The molecule has 0 fully saturated rings. The van der Waals surface area contributed by atoms with Gasteiger partial charge in [0, 0.05) is 38.9 Å². The van der Waals surface area contributed by atoms with Gasteiger partial charge in [-0.1, -0.05) is 158 Å². The number of anilines is 3. The maximum Gasteiger partial charge on any atom is 0.0541 e. The predicted molar refractivity (Wildman–Crippen MR) is 264 cm³/mol. The van der Waals surface area contributed by atoms with Crippen LogP contribution in [-0.2, 0) is 5.41 Å². The quantitative estimate of drug-likeness (QED) is 0.152. The second-order valence-electron chi connectivity index (χ2n) is 17.7. The summed E-state index contributed by atoms with van der Waals surface area (Å²) in [5.41, 5.74) is 19.1. The SMILES string of the molecule is Cc1ccc2c(-c3ccc4c(c3)C(C)(C)C3=C4C=CCC3)c3ccccc3c(-c3ccc(N(c4ccccc4)c4ccc(-n5c6ccccc6c6ccccc65)cc4)cc3)c2c1. The Hall–Kier alpha value is -7.42. The molecule has 10 aromatic rings. The summed E-state index contributed by atoms with van der Waals surface area (Å²) in [4.78, 5) is 2.36. The highest BCUT2D eigenvalue weighted by Gasteiger charge is 2.37. The van der Waals surface area contributed by atoms with Crippen LogP contribution in [0, 0.1) is 6.92 Å². The number of hydrogen-bond donors (Lipinski definition) is 0. The van der Waals surface area contributed by atoms with Gasteiger partial charge < -0.3 is 9.47 Å². The Balaban J connectivity index is 0.974. The second kappa shape index (κ2) is 14.1. The monoisotopic (exact) mass is 794 g/mol. The smallest absolute Gasteiger partial charge is 0.0541 e. The lowest BCUT2D eigenvalue weighted by atomic mass is 9.77. The highest BCUT2D eigenvalue weighted by Crippen LogP contribution is 2.52. The van der Waals surface area contributed by atoms with Gasteiger partial charge in [-0.05, 0) is 147 Å². The third-order valence-electron chi connectivity index (χ3n) is 13.8. The Bertz CT molecular complexity index is 3420. The van der Waals surface area contributed by atoms with Crippen LogP contribution in [0.5, 0.6) is 0 Å². The van der Waals surface area contributed by atoms with Gasteiger partial charge in [-0.3, -0.25) is 0 Å². The molecule has 0 saturated carbocycles. The van der Waals surface area contributed by atoms with Crippen molar-refractivity contribution >= 4 is 66.0 Å². The van der Waals surface area contributed by atoms with Gasteiger partial charge in [-0.25, -0.2) is 0 Å². The molecule has 0 unspecified atom stereocenters. The van der Waals surface area contributed by atoms with E-state index in [1.165, 1.54) is 87.9 Å². The lowest BCUT2D eigenvalue weighted by Crippen LogP contribution is -2.17. The zero-order valence-electron chi connectivity index (χ0n) is 35.4. The molecular weight excluding hydrogens is 749 g/mol. The van der Waals surface area contributed by atoms with E-state index in [0.29, 0.717) is 0 Å². The summed E-state index contributed by atoms with van der Waals surface area (Å²) >= 11 is 0. The van der Waals surface area contributed by atoms with Crippen LogP contribution in [0.15, 0.2) is 206 Å². The lowest BCUT2D eigenvalue weighted by molar-refractivity contribution is 0.607. The van der Waals surface area contributed by atoms with Gasteiger partial charge in [0.2, 0.25) is 0 Å². The van der Waals surface area contributed by atoms with E-state index >= 15 is 0 Å². The molecule has 0 aliphatic heterocycles. The second-order valence-corrected chi connectivity index (χ2v) is 17.7. The normalized spacial score (nSPS) is 14.2. The van der Waals surface area contributed by atoms with Gasteiger partial charge in [0.25, 0.3) is 0 Å². The number of allylic oxidation sites excluding steroid dienone is 4. The summed E-state index contributed by atoms with van der Waals surface area (Å²) in [6, 6.07) is 69.7. The molecule has 1 aromatic heterocycles. The van der Waals surface area contributed by atoms with E-state index < -0.39 is 0 Å². The Labute approximate surface area is 363 Å². The Morgan fingerprint density at radius 3 is 1.71 bits per heavy atom. The molecule has 0 N–H and O–H groups in total. The van der Waals surface area contributed by atoms with Crippen molar-refractivity contribution in [3.8, 4) is 27.9 Å². The summed E-state index contributed by atoms with van der Waals surface area (Å²) in [7, 11) is 0. The third-order valence-corrected chi connectivity index (χ3v) is 13.8. The summed E-state index contributed by atoms with van der Waals surface area (Å²) in [6.07, 6.45) is 6.97. The van der Waals surface area contributed by atoms with Crippen molar-refractivity contribution in [3.63, 3.8) is 0 Å². The van der Waals surface area contributed by atoms with Crippen molar-refractivity contribution < 1.29 is 0 Å². The van der Waals surface area contributed by atoms with Crippen LogP contribution < -0.4 is 4.90 Å². The van der Waals surface area contributed by atoms with Crippen LogP contribution in [0.25, 0.3) is 76.9 Å². The Morgan fingerprint density at radius 2 is 1.03 bits per heavy atom. The van der Waals surface area contributed by atoms with Crippen LogP contribution in [0.3, 0.4) is 0 Å². The average Bonchev–Trinajstić information content (AvgIpc) is 3.77. The lowest BCUT2D eigenvalue weighted by Gasteiger charge is -2.26. The molecule has 0 bridgehead atoms. The molecule has 2 aliphatic rings. The van der Waals surface area contributed by atoms with Gasteiger partial charge in [-0.15, -0.1) is 0 Å². The Kier molecular flexibility index (Phi) is 8.27. The number of fused-ring (bicyclic) bond motifs is 7. The van der Waals surface area contributed by atoms with Gasteiger partial charge in [0.15, 0.2) is 0 Å². The molecule has 12 rings (SSSR count). The van der Waals surface area contributed by atoms with E-state index in [1.54, 1.807) is 5.57 Å². The average molecular weight is 795 g/mol. The van der Waals surface area contributed by atoms with E-state index in [1.807, 2.05) is 0 Å². The number of aromatic nitrogens is 1. The molecule has 9 aromatic carbocycles. The first-order chi connectivity index (χ1) is 30.4. The topological polar surface area (TPSA) is 8.17 Å². The summed E-state index contributed by atoms with van der Waals surface area (Å²) in [5.74, 6) is 0. The van der Waals surface area contributed by atoms with E-state index in [4.69, 9.17) is 0 Å². The molecule has 0 atom stereocenters. The van der Waals surface area contributed by atoms with Crippen LogP contribution in [-0.4, -0.2) is 4.57 Å². The maximum absolute atomic E-state index is 2.50. The predicted octanol–water partition coefficient (Wildman–Crippen LogP) is 16.6. The Morgan fingerprint density at radius 1 is 0.484 bits per heavy atom. The number of aryl methyl sites for hydroxylation is 1. The number of nitrogens with zero attached hydrogens (tertiary/aromatic N) is 2. The number of hydrogen-bond acceptors (Lipinski definition) is 1. The van der Waals surface area contributed by atoms with Gasteiger partial charge in [-0.2, -0.15) is 0 Å². The highest BCUT2D eigenvalue weighted by molar-refractivity contribution is 6.21. The van der Waals surface area contributed by atoms with Crippen LogP contribution in [0.2, 0.25) is 0 Å². The van der Waals surface area contributed by atoms with Gasteiger partial charge >= 0.3 is 0 Å². The van der Waals surface area contributed by atoms with E-state index in [0.717, 1.165) is 35.6 Å². The van der Waals surface area contributed by atoms with Crippen molar-refractivity contribution in [3.05, 3.63) is 222 Å². The molecule has 2 nitrogen and oxygen atoms in total. The molecular formula is C60H46N2. The van der Waals surface area contributed by atoms with E-state index in [9.17, 15) is 0 Å². The van der Waals surface area contributed by atoms with Crippen molar-refractivity contribution in [1.82, 2.24) is 4.57 Å². The standard InChI is InChI=1S/C60H46N2/c1-39-25-35-52-53(37-39)58(50-20-7-8-21-51(50)59(52)41-28-36-47-46-17-9-12-22-54(46)60(2,3)55(47)38-41)40-26-29-43(30-27-40)61(42-15-5-4-6-16-42)44-31-33-45(34-32-44)62-56-23-13-10-18-48(56)49-19-11-14-24-57(49)62/h4-11,13-21,23-38H,12,22H2,1-3H3. The molecule has 0 amide bonds. The number of benzene rings is 9. The molecule has 0 radical (unpaired) electrons. The van der Waals surface area contributed by atoms with Crippen LogP contribution >= 0.6 is 0 Å².